The first-order valence-corrected chi connectivity index (χ1v) is 12.3. The lowest BCUT2D eigenvalue weighted by atomic mass is 9.80. The molecule has 0 aromatic carbocycles. The molecule has 0 N–H and O–H groups in total. The van der Waals surface area contributed by atoms with Gasteiger partial charge in [0.15, 0.2) is 11.5 Å². The topological polar surface area (TPSA) is 59.7 Å². The number of rotatable bonds is 2. The van der Waals surface area contributed by atoms with Crippen molar-refractivity contribution < 1.29 is 27.1 Å². The van der Waals surface area contributed by atoms with Gasteiger partial charge in [-0.1, -0.05) is 6.92 Å². The number of fused-ring (bicyclic) bond motifs is 1. The van der Waals surface area contributed by atoms with Gasteiger partial charge in [0.1, 0.15) is 11.3 Å². The summed E-state index contributed by atoms with van der Waals surface area (Å²) in [4.78, 5) is 18.8. The number of hydrogen-bond acceptors (Lipinski definition) is 4. The fourth-order valence-corrected chi connectivity index (χ4v) is 5.32. The minimum Gasteiger partial charge on any atom is -0.444 e. The van der Waals surface area contributed by atoms with Crippen molar-refractivity contribution in [1.82, 2.24) is 19.5 Å². The van der Waals surface area contributed by atoms with Crippen LogP contribution in [0.2, 0.25) is 0 Å². The largest absolute Gasteiger partial charge is 0.444 e. The minimum atomic E-state index is -4.22. The third-order valence-corrected chi connectivity index (χ3v) is 7.28. The van der Waals surface area contributed by atoms with Crippen molar-refractivity contribution in [3.8, 4) is 0 Å². The van der Waals surface area contributed by atoms with E-state index in [0.29, 0.717) is 18.8 Å². The fourth-order valence-electron chi connectivity index (χ4n) is 5.32. The van der Waals surface area contributed by atoms with E-state index in [4.69, 9.17) is 4.74 Å². The first-order valence-electron chi connectivity index (χ1n) is 12.3. The molecule has 0 unspecified atom stereocenters. The van der Waals surface area contributed by atoms with Crippen LogP contribution in [0, 0.1) is 24.6 Å². The summed E-state index contributed by atoms with van der Waals surface area (Å²) in [6, 6.07) is 1.86. The van der Waals surface area contributed by atoms with E-state index in [1.54, 1.807) is 11.8 Å². The molecule has 10 heteroatoms. The molecule has 1 saturated carbocycles. The summed E-state index contributed by atoms with van der Waals surface area (Å²) in [5.74, 6) is -2.18. The summed E-state index contributed by atoms with van der Waals surface area (Å²) < 4.78 is 61.9. The molecule has 2 aromatic heterocycles. The highest BCUT2D eigenvalue weighted by molar-refractivity contribution is 5.68. The number of hydrogen-bond donors (Lipinski definition) is 0. The maximum absolute atomic E-state index is 15.5. The molecular formula is C25H34F4N4O2. The number of ether oxygens (including phenoxy) is 1. The van der Waals surface area contributed by atoms with Gasteiger partial charge in [-0.2, -0.15) is 18.3 Å². The molecule has 3 heterocycles. The van der Waals surface area contributed by atoms with E-state index in [2.05, 4.69) is 17.0 Å². The third-order valence-electron chi connectivity index (χ3n) is 7.28. The van der Waals surface area contributed by atoms with Gasteiger partial charge in [0, 0.05) is 30.6 Å². The molecule has 0 bridgehead atoms. The van der Waals surface area contributed by atoms with Gasteiger partial charge in [-0.15, -0.1) is 0 Å². The maximum Gasteiger partial charge on any atom is 0.410 e. The number of likely N-dealkylation sites (tertiary alicyclic amines) is 1. The number of carbonyl (C=O) groups excluding carboxylic acids is 1. The molecule has 1 aliphatic carbocycles. The van der Waals surface area contributed by atoms with E-state index >= 15 is 4.39 Å². The Morgan fingerprint density at radius 3 is 2.37 bits per heavy atom. The van der Waals surface area contributed by atoms with Gasteiger partial charge in [0.05, 0.1) is 11.6 Å². The van der Waals surface area contributed by atoms with E-state index in [0.717, 1.165) is 12.1 Å². The Labute approximate surface area is 203 Å². The molecule has 2 fully saturated rings. The Morgan fingerprint density at radius 2 is 1.77 bits per heavy atom. The van der Waals surface area contributed by atoms with Crippen molar-refractivity contribution in [1.29, 1.82) is 0 Å². The summed E-state index contributed by atoms with van der Waals surface area (Å²) in [5, 5.41) is 4.57. The number of carbonyl (C=O) groups is 1. The second-order valence-electron chi connectivity index (χ2n) is 11.1. The lowest BCUT2D eigenvalue weighted by Gasteiger charge is -2.37. The van der Waals surface area contributed by atoms with Crippen LogP contribution in [-0.4, -0.2) is 50.5 Å². The van der Waals surface area contributed by atoms with Crippen LogP contribution in [0.25, 0.3) is 5.65 Å². The summed E-state index contributed by atoms with van der Waals surface area (Å²) in [7, 11) is 0. The molecule has 194 valence electrons. The van der Waals surface area contributed by atoms with Crippen LogP contribution >= 0.6 is 0 Å². The SMILES string of the molecule is Cc1cc([C@H]2CN(C(=O)OC(C)(C)C)CC[C@H]2C)n2nc(C3CCC(C(F)(F)F)CC3)c(F)c2n1. The standard InChI is InChI=1S/C25H34F4N4O2/c1-14-10-11-32(23(34)35-24(3,4)5)13-18(14)19-12-15(2)30-22-20(26)21(31-33(19)22)16-6-8-17(9-7-16)25(27,28)29/h12,14,16-18H,6-11,13H2,1-5H3/t14-,16?,17?,18+/m1/s1. The maximum atomic E-state index is 15.5. The Morgan fingerprint density at radius 1 is 1.11 bits per heavy atom. The van der Waals surface area contributed by atoms with Crippen LogP contribution < -0.4 is 0 Å². The van der Waals surface area contributed by atoms with Gasteiger partial charge in [0.2, 0.25) is 0 Å². The third kappa shape index (κ3) is 5.40. The Balaban J connectivity index is 1.64. The number of piperidine rings is 1. The van der Waals surface area contributed by atoms with Crippen molar-refractivity contribution >= 4 is 11.7 Å². The quantitative estimate of drug-likeness (QED) is 0.451. The highest BCUT2D eigenvalue weighted by atomic mass is 19.4. The number of aryl methyl sites for hydroxylation is 1. The van der Waals surface area contributed by atoms with Gasteiger partial charge >= 0.3 is 12.3 Å². The van der Waals surface area contributed by atoms with Crippen LogP contribution in [0.4, 0.5) is 22.4 Å². The number of amides is 1. The lowest BCUT2D eigenvalue weighted by molar-refractivity contribution is -0.182. The second-order valence-corrected chi connectivity index (χ2v) is 11.1. The van der Waals surface area contributed by atoms with Gasteiger partial charge in [0.25, 0.3) is 0 Å². The monoisotopic (exact) mass is 498 g/mol. The molecule has 2 aliphatic rings. The van der Waals surface area contributed by atoms with E-state index < -0.39 is 23.5 Å². The number of halogens is 4. The van der Waals surface area contributed by atoms with E-state index in [9.17, 15) is 18.0 Å². The van der Waals surface area contributed by atoms with E-state index in [1.807, 2.05) is 26.8 Å². The molecule has 2 atom stereocenters. The van der Waals surface area contributed by atoms with Crippen molar-refractivity contribution in [2.45, 2.75) is 90.3 Å². The number of alkyl halides is 3. The first kappa shape index (κ1) is 25.7. The molecule has 2 aromatic rings. The zero-order valence-corrected chi connectivity index (χ0v) is 21.0. The second kappa shape index (κ2) is 9.24. The van der Waals surface area contributed by atoms with Crippen LogP contribution in [0.15, 0.2) is 6.07 Å². The Bertz CT molecular complexity index is 1080. The summed E-state index contributed by atoms with van der Waals surface area (Å²) in [6.45, 7) is 10.3. The molecular weight excluding hydrogens is 464 g/mol. The average molecular weight is 499 g/mol. The van der Waals surface area contributed by atoms with Gasteiger partial charge in [-0.25, -0.2) is 18.7 Å². The molecule has 6 nitrogen and oxygen atoms in total. The molecule has 1 amide bonds. The molecule has 0 radical (unpaired) electrons. The fraction of sp³-hybridized carbons (Fsp3) is 0.720. The van der Waals surface area contributed by atoms with Crippen LogP contribution in [0.1, 0.15) is 88.7 Å². The Kier molecular flexibility index (Phi) is 6.79. The predicted octanol–water partition coefficient (Wildman–Crippen LogP) is 6.37. The zero-order valence-electron chi connectivity index (χ0n) is 21.0. The molecule has 1 saturated heterocycles. The average Bonchev–Trinajstić information content (AvgIpc) is 3.08. The smallest absolute Gasteiger partial charge is 0.410 e. The van der Waals surface area contributed by atoms with E-state index in [1.165, 1.54) is 4.52 Å². The minimum absolute atomic E-state index is 0.0225. The van der Waals surface area contributed by atoms with E-state index in [-0.39, 0.29) is 60.9 Å². The highest BCUT2D eigenvalue weighted by Gasteiger charge is 2.43. The summed E-state index contributed by atoms with van der Waals surface area (Å²) in [6.07, 6.45) is -3.41. The predicted molar refractivity (Wildman–Crippen MR) is 123 cm³/mol. The Hall–Kier alpha value is -2.39. The van der Waals surface area contributed by atoms with Crippen molar-refractivity contribution in [3.05, 3.63) is 29.0 Å². The van der Waals surface area contributed by atoms with Crippen molar-refractivity contribution in [3.63, 3.8) is 0 Å². The normalized spacial score (nSPS) is 26.3. The van der Waals surface area contributed by atoms with Crippen molar-refractivity contribution in [2.24, 2.45) is 11.8 Å². The summed E-state index contributed by atoms with van der Waals surface area (Å²) >= 11 is 0. The molecule has 1 aliphatic heterocycles. The van der Waals surface area contributed by atoms with Gasteiger partial charge < -0.3 is 9.64 Å². The van der Waals surface area contributed by atoms with Crippen LogP contribution in [0.5, 0.6) is 0 Å². The zero-order chi connectivity index (χ0) is 25.7. The number of nitrogens with zero attached hydrogens (tertiary/aromatic N) is 4. The molecule has 4 rings (SSSR count). The lowest BCUT2D eigenvalue weighted by Crippen LogP contribution is -2.45. The summed E-state index contributed by atoms with van der Waals surface area (Å²) in [5.41, 5.74) is 1.05. The molecule has 0 spiro atoms. The van der Waals surface area contributed by atoms with Crippen molar-refractivity contribution in [2.75, 3.05) is 13.1 Å². The van der Waals surface area contributed by atoms with Crippen LogP contribution in [-0.2, 0) is 4.74 Å². The number of aromatic nitrogens is 3. The van der Waals surface area contributed by atoms with Gasteiger partial charge in [-0.05, 0) is 71.8 Å². The van der Waals surface area contributed by atoms with Gasteiger partial charge in [-0.3, -0.25) is 0 Å². The molecule has 35 heavy (non-hydrogen) atoms. The first-order chi connectivity index (χ1) is 16.2. The highest BCUT2D eigenvalue weighted by Crippen LogP contribution is 2.43. The van der Waals surface area contributed by atoms with Crippen LogP contribution in [0.3, 0.4) is 0 Å².